The van der Waals surface area contributed by atoms with Gasteiger partial charge in [-0.25, -0.2) is 0 Å². The van der Waals surface area contributed by atoms with E-state index in [1.165, 1.54) is 18.5 Å². The van der Waals surface area contributed by atoms with Gasteiger partial charge in [0.1, 0.15) is 5.69 Å². The van der Waals surface area contributed by atoms with Crippen molar-refractivity contribution in [2.45, 2.75) is 39.2 Å². The summed E-state index contributed by atoms with van der Waals surface area (Å²) < 4.78 is 2.31. The number of aryl methyl sites for hydroxylation is 1. The van der Waals surface area contributed by atoms with Crippen molar-refractivity contribution in [2.75, 3.05) is 26.2 Å². The molecular formula is C21H26N4O2. The smallest absolute Gasteiger partial charge is 0.272 e. The fourth-order valence-corrected chi connectivity index (χ4v) is 4.03. The number of hydrogen-bond donors (Lipinski definition) is 0. The van der Waals surface area contributed by atoms with Gasteiger partial charge in [-0.3, -0.25) is 14.6 Å². The Hall–Kier alpha value is -2.63. The van der Waals surface area contributed by atoms with Crippen molar-refractivity contribution in [1.82, 2.24) is 19.4 Å². The third kappa shape index (κ3) is 3.48. The van der Waals surface area contributed by atoms with Gasteiger partial charge in [0, 0.05) is 49.8 Å². The van der Waals surface area contributed by atoms with Crippen LogP contribution in [0.2, 0.25) is 0 Å². The van der Waals surface area contributed by atoms with Crippen molar-refractivity contribution in [1.29, 1.82) is 0 Å². The quantitative estimate of drug-likeness (QED) is 0.839. The summed E-state index contributed by atoms with van der Waals surface area (Å²) in [6, 6.07) is 7.96. The van der Waals surface area contributed by atoms with Gasteiger partial charge in [-0.15, -0.1) is 0 Å². The summed E-state index contributed by atoms with van der Waals surface area (Å²) in [5.41, 5.74) is 3.51. The first kappa shape index (κ1) is 17.8. The predicted octanol–water partition coefficient (Wildman–Crippen LogP) is 2.82. The molecule has 27 heavy (non-hydrogen) atoms. The van der Waals surface area contributed by atoms with E-state index in [4.69, 9.17) is 0 Å². The van der Waals surface area contributed by atoms with Gasteiger partial charge in [0.15, 0.2) is 0 Å². The second-order valence-electron chi connectivity index (χ2n) is 7.54. The zero-order chi connectivity index (χ0) is 19.0. The average molecular weight is 366 g/mol. The van der Waals surface area contributed by atoms with E-state index in [9.17, 15) is 9.59 Å². The lowest BCUT2D eigenvalue weighted by Crippen LogP contribution is -2.37. The van der Waals surface area contributed by atoms with E-state index < -0.39 is 0 Å². The van der Waals surface area contributed by atoms with Crippen LogP contribution in [0, 0.1) is 13.8 Å². The Morgan fingerprint density at radius 2 is 1.70 bits per heavy atom. The topological polar surface area (TPSA) is 58.4 Å². The highest BCUT2D eigenvalue weighted by Gasteiger charge is 2.30. The summed E-state index contributed by atoms with van der Waals surface area (Å²) in [4.78, 5) is 33.6. The number of nitrogens with zero attached hydrogens (tertiary/aromatic N) is 4. The summed E-state index contributed by atoms with van der Waals surface area (Å²) >= 11 is 0. The van der Waals surface area contributed by atoms with Gasteiger partial charge in [0.2, 0.25) is 0 Å². The van der Waals surface area contributed by atoms with E-state index in [0.29, 0.717) is 37.9 Å². The SMILES string of the molecule is Cc1cc(C(=O)N2CCCN(C(=O)c3ccccn3)CC2)c(C)n1C1CC1. The number of pyridine rings is 1. The number of carbonyl (C=O) groups excluding carboxylic acids is 2. The van der Waals surface area contributed by atoms with Gasteiger partial charge in [-0.1, -0.05) is 6.07 Å². The molecule has 2 amide bonds. The van der Waals surface area contributed by atoms with E-state index >= 15 is 0 Å². The lowest BCUT2D eigenvalue weighted by molar-refractivity contribution is 0.0715. The molecule has 0 atom stereocenters. The van der Waals surface area contributed by atoms with Crippen LogP contribution in [0.5, 0.6) is 0 Å². The van der Waals surface area contributed by atoms with Crippen molar-refractivity contribution >= 4 is 11.8 Å². The van der Waals surface area contributed by atoms with Crippen LogP contribution in [-0.2, 0) is 0 Å². The van der Waals surface area contributed by atoms with E-state index in [-0.39, 0.29) is 11.8 Å². The highest BCUT2D eigenvalue weighted by Crippen LogP contribution is 2.38. The van der Waals surface area contributed by atoms with Gasteiger partial charge in [-0.2, -0.15) is 0 Å². The Bertz CT molecular complexity index is 855. The zero-order valence-corrected chi connectivity index (χ0v) is 16.0. The molecule has 2 aromatic heterocycles. The lowest BCUT2D eigenvalue weighted by Gasteiger charge is -2.22. The highest BCUT2D eigenvalue weighted by molar-refractivity contribution is 5.96. The number of rotatable bonds is 3. The van der Waals surface area contributed by atoms with E-state index in [0.717, 1.165) is 17.7 Å². The molecule has 0 spiro atoms. The second kappa shape index (κ2) is 7.18. The van der Waals surface area contributed by atoms with Crippen molar-refractivity contribution in [3.05, 3.63) is 53.1 Å². The second-order valence-corrected chi connectivity index (χ2v) is 7.54. The number of amides is 2. The molecule has 2 aliphatic rings. The Labute approximate surface area is 159 Å². The third-order valence-electron chi connectivity index (χ3n) is 5.58. The molecule has 4 rings (SSSR count). The molecule has 0 bridgehead atoms. The molecule has 142 valence electrons. The van der Waals surface area contributed by atoms with Crippen LogP contribution in [0.3, 0.4) is 0 Å². The fourth-order valence-electron chi connectivity index (χ4n) is 4.03. The summed E-state index contributed by atoms with van der Waals surface area (Å²) in [6.45, 7) is 6.57. The van der Waals surface area contributed by atoms with Crippen molar-refractivity contribution in [3.63, 3.8) is 0 Å². The molecule has 0 radical (unpaired) electrons. The summed E-state index contributed by atoms with van der Waals surface area (Å²) in [5, 5.41) is 0. The zero-order valence-electron chi connectivity index (χ0n) is 16.0. The minimum absolute atomic E-state index is 0.0585. The monoisotopic (exact) mass is 366 g/mol. The largest absolute Gasteiger partial charge is 0.345 e. The maximum atomic E-state index is 13.1. The van der Waals surface area contributed by atoms with Crippen LogP contribution in [0.25, 0.3) is 0 Å². The Balaban J connectivity index is 1.46. The number of hydrogen-bond acceptors (Lipinski definition) is 3. The van der Waals surface area contributed by atoms with Gasteiger partial charge in [0.25, 0.3) is 11.8 Å². The standard InChI is InChI=1S/C21H26N4O2/c1-15-14-18(16(2)25(15)17-7-8-17)20(26)23-10-5-11-24(13-12-23)21(27)19-6-3-4-9-22-19/h3-4,6,9,14,17H,5,7-8,10-13H2,1-2H3. The Morgan fingerprint density at radius 3 is 2.33 bits per heavy atom. The maximum absolute atomic E-state index is 13.1. The minimum Gasteiger partial charge on any atom is -0.345 e. The molecule has 6 heteroatoms. The fraction of sp³-hybridized carbons (Fsp3) is 0.476. The average Bonchev–Trinajstić information content (AvgIpc) is 3.49. The Kier molecular flexibility index (Phi) is 4.72. The first-order valence-electron chi connectivity index (χ1n) is 9.74. The van der Waals surface area contributed by atoms with Crippen LogP contribution in [0.15, 0.2) is 30.5 Å². The maximum Gasteiger partial charge on any atom is 0.272 e. The molecule has 2 fully saturated rings. The van der Waals surface area contributed by atoms with Gasteiger partial charge < -0.3 is 14.4 Å². The molecule has 0 aromatic carbocycles. The summed E-state index contributed by atoms with van der Waals surface area (Å²) in [5.74, 6) is 0.0268. The van der Waals surface area contributed by atoms with Crippen LogP contribution in [0.1, 0.15) is 57.5 Å². The van der Waals surface area contributed by atoms with Crippen LogP contribution in [0.4, 0.5) is 0 Å². The van der Waals surface area contributed by atoms with Crippen LogP contribution in [-0.4, -0.2) is 57.3 Å². The molecule has 6 nitrogen and oxygen atoms in total. The predicted molar refractivity (Wildman–Crippen MR) is 103 cm³/mol. The first-order chi connectivity index (χ1) is 13.1. The molecule has 1 saturated heterocycles. The first-order valence-corrected chi connectivity index (χ1v) is 9.74. The number of carbonyl (C=O) groups is 2. The molecule has 0 N–H and O–H groups in total. The molecule has 1 aliphatic carbocycles. The van der Waals surface area contributed by atoms with E-state index in [1.807, 2.05) is 28.9 Å². The molecule has 1 aliphatic heterocycles. The number of aromatic nitrogens is 2. The summed E-state index contributed by atoms with van der Waals surface area (Å²) in [6.07, 6.45) is 4.83. The van der Waals surface area contributed by atoms with Crippen molar-refractivity contribution in [2.24, 2.45) is 0 Å². The lowest BCUT2D eigenvalue weighted by atomic mass is 10.2. The van der Waals surface area contributed by atoms with Crippen molar-refractivity contribution in [3.8, 4) is 0 Å². The van der Waals surface area contributed by atoms with E-state index in [1.54, 1.807) is 18.3 Å². The molecule has 1 saturated carbocycles. The van der Waals surface area contributed by atoms with Gasteiger partial charge in [0.05, 0.1) is 5.56 Å². The minimum atomic E-state index is -0.0585. The van der Waals surface area contributed by atoms with E-state index in [2.05, 4.69) is 16.5 Å². The van der Waals surface area contributed by atoms with Crippen LogP contribution >= 0.6 is 0 Å². The van der Waals surface area contributed by atoms with Gasteiger partial charge in [-0.05, 0) is 51.3 Å². The van der Waals surface area contributed by atoms with Crippen LogP contribution < -0.4 is 0 Å². The molecule has 0 unspecified atom stereocenters. The summed E-state index contributed by atoms with van der Waals surface area (Å²) in [7, 11) is 0. The normalized spacial score (nSPS) is 17.7. The molecule has 3 heterocycles. The highest BCUT2D eigenvalue weighted by atomic mass is 16.2. The third-order valence-corrected chi connectivity index (χ3v) is 5.58. The van der Waals surface area contributed by atoms with Gasteiger partial charge >= 0.3 is 0 Å². The van der Waals surface area contributed by atoms with Crippen molar-refractivity contribution < 1.29 is 9.59 Å². The Morgan fingerprint density at radius 1 is 1.00 bits per heavy atom. The molecular weight excluding hydrogens is 340 g/mol. The molecule has 2 aromatic rings.